The van der Waals surface area contributed by atoms with Crippen molar-refractivity contribution in [3.05, 3.63) is 0 Å². The van der Waals surface area contributed by atoms with E-state index in [1.807, 2.05) is 18.7 Å². The van der Waals surface area contributed by atoms with Gasteiger partial charge in [-0.3, -0.25) is 0 Å². The number of hydrogen-bond donors (Lipinski definition) is 1. The van der Waals surface area contributed by atoms with Crippen LogP contribution in [-0.2, 0) is 9.47 Å². The molecule has 6 heteroatoms. The topological polar surface area (TPSA) is 47.7 Å². The van der Waals surface area contributed by atoms with Crippen LogP contribution in [0.2, 0.25) is 0 Å². The Morgan fingerprint density at radius 2 is 1.67 bits per heavy atom. The van der Waals surface area contributed by atoms with Gasteiger partial charge in [0.2, 0.25) is 0 Å². The fourth-order valence-electron chi connectivity index (χ4n) is 0.954. The number of nitrogens with zero attached hydrogens (tertiary/aromatic N) is 1. The van der Waals surface area contributed by atoms with Crippen LogP contribution in [0.25, 0.3) is 0 Å². The maximum atomic E-state index is 5.50. The first-order valence-electron chi connectivity index (χ1n) is 6.30. The highest BCUT2D eigenvalue weighted by atomic mass is 32.1. The molecule has 0 radical (unpaired) electrons. The van der Waals surface area contributed by atoms with Gasteiger partial charge in [-0.15, -0.1) is 0 Å². The van der Waals surface area contributed by atoms with Crippen LogP contribution in [0.4, 0.5) is 0 Å². The molecule has 0 aromatic heterocycles. The zero-order valence-corrected chi connectivity index (χ0v) is 13.7. The lowest BCUT2D eigenvalue weighted by Gasteiger charge is -2.23. The van der Waals surface area contributed by atoms with Crippen molar-refractivity contribution >= 4 is 34.8 Å². The molecule has 4 nitrogen and oxygen atoms in total. The van der Waals surface area contributed by atoms with Gasteiger partial charge in [0.1, 0.15) is 0 Å². The summed E-state index contributed by atoms with van der Waals surface area (Å²) >= 11 is 9.47. The van der Waals surface area contributed by atoms with E-state index >= 15 is 0 Å². The largest absolute Gasteiger partial charge is 0.472 e. The predicted molar refractivity (Wildman–Crippen MR) is 84.8 cm³/mol. The first kappa shape index (κ1) is 19.7. The van der Waals surface area contributed by atoms with E-state index in [2.05, 4.69) is 37.7 Å². The smallest absolute Gasteiger partial charge is 0.259 e. The maximum absolute atomic E-state index is 5.50. The highest BCUT2D eigenvalue weighted by molar-refractivity contribution is 7.80. The van der Waals surface area contributed by atoms with E-state index in [9.17, 15) is 0 Å². The molecule has 0 aromatic rings. The standard InChI is InChI=1S/C9H19NOS.C3H7NOS/c1-5-8(4)11-9(12)10(6-2)7-3;1-2-5-3(4)6/h8H,5-7H2,1-4H3;2H2,1H3,(H2,4,6). The van der Waals surface area contributed by atoms with Gasteiger partial charge in [-0.25, -0.2) is 0 Å². The Kier molecular flexibility index (Phi) is 14.0. The van der Waals surface area contributed by atoms with Crippen LogP contribution < -0.4 is 5.73 Å². The monoisotopic (exact) mass is 294 g/mol. The molecular weight excluding hydrogens is 268 g/mol. The highest BCUT2D eigenvalue weighted by Gasteiger charge is 2.08. The van der Waals surface area contributed by atoms with Crippen LogP contribution >= 0.6 is 24.4 Å². The Morgan fingerprint density at radius 3 is 1.89 bits per heavy atom. The molecule has 1 unspecified atom stereocenters. The molecular formula is C12H26N2O2S2. The van der Waals surface area contributed by atoms with Crippen LogP contribution in [0, 0.1) is 0 Å². The van der Waals surface area contributed by atoms with Gasteiger partial charge < -0.3 is 20.1 Å². The number of thiocarbonyl (C=S) groups is 2. The van der Waals surface area contributed by atoms with Crippen molar-refractivity contribution in [1.29, 1.82) is 0 Å². The van der Waals surface area contributed by atoms with Gasteiger partial charge in [-0.2, -0.15) is 0 Å². The molecule has 0 rings (SSSR count). The van der Waals surface area contributed by atoms with Crippen LogP contribution in [0.15, 0.2) is 0 Å². The van der Waals surface area contributed by atoms with E-state index in [0.717, 1.165) is 19.5 Å². The minimum atomic E-state index is 0.123. The third kappa shape index (κ3) is 11.9. The minimum absolute atomic E-state index is 0.123. The summed E-state index contributed by atoms with van der Waals surface area (Å²) < 4.78 is 10.1. The lowest BCUT2D eigenvalue weighted by atomic mass is 10.3. The molecule has 0 saturated carbocycles. The normalized spacial score (nSPS) is 10.7. The summed E-state index contributed by atoms with van der Waals surface area (Å²) in [6.45, 7) is 12.5. The van der Waals surface area contributed by atoms with Crippen molar-refractivity contribution in [3.63, 3.8) is 0 Å². The molecule has 0 fully saturated rings. The van der Waals surface area contributed by atoms with Gasteiger partial charge in [0.15, 0.2) is 0 Å². The first-order valence-corrected chi connectivity index (χ1v) is 7.12. The Bertz CT molecular complexity index is 234. The maximum Gasteiger partial charge on any atom is 0.259 e. The van der Waals surface area contributed by atoms with Crippen molar-refractivity contribution in [3.8, 4) is 0 Å². The lowest BCUT2D eigenvalue weighted by Crippen LogP contribution is -2.32. The fourth-order valence-corrected chi connectivity index (χ4v) is 1.49. The van der Waals surface area contributed by atoms with Crippen molar-refractivity contribution in [2.75, 3.05) is 19.7 Å². The predicted octanol–water partition coefficient (Wildman–Crippen LogP) is 2.69. The molecule has 1 atom stereocenters. The Morgan fingerprint density at radius 1 is 1.17 bits per heavy atom. The summed E-state index contributed by atoms with van der Waals surface area (Å²) in [7, 11) is 0. The molecule has 0 heterocycles. The molecule has 0 amide bonds. The second kappa shape index (κ2) is 12.8. The van der Waals surface area contributed by atoms with E-state index < -0.39 is 0 Å². The van der Waals surface area contributed by atoms with Gasteiger partial charge in [-0.1, -0.05) is 6.92 Å². The summed E-state index contributed by atoms with van der Waals surface area (Å²) in [6, 6.07) is 0. The molecule has 108 valence electrons. The average molecular weight is 294 g/mol. The van der Waals surface area contributed by atoms with Crippen molar-refractivity contribution in [2.24, 2.45) is 5.73 Å². The Hall–Kier alpha value is -0.620. The summed E-state index contributed by atoms with van der Waals surface area (Å²) in [6.07, 6.45) is 1.24. The highest BCUT2D eigenvalue weighted by Crippen LogP contribution is 2.01. The molecule has 0 aliphatic carbocycles. The molecule has 0 bridgehead atoms. The summed E-state index contributed by atoms with van der Waals surface area (Å²) in [4.78, 5) is 2.04. The second-order valence-corrected chi connectivity index (χ2v) is 4.28. The third-order valence-electron chi connectivity index (χ3n) is 2.19. The number of nitrogens with two attached hydrogens (primary N) is 1. The van der Waals surface area contributed by atoms with E-state index in [0.29, 0.717) is 11.8 Å². The van der Waals surface area contributed by atoms with E-state index in [1.54, 1.807) is 0 Å². The van der Waals surface area contributed by atoms with Gasteiger partial charge in [0.25, 0.3) is 10.3 Å². The molecule has 2 N–H and O–H groups in total. The van der Waals surface area contributed by atoms with Crippen molar-refractivity contribution in [2.45, 2.75) is 47.1 Å². The van der Waals surface area contributed by atoms with Crippen LogP contribution in [0.1, 0.15) is 41.0 Å². The number of rotatable bonds is 5. The minimum Gasteiger partial charge on any atom is -0.472 e. The first-order chi connectivity index (χ1) is 8.42. The Labute approximate surface area is 122 Å². The van der Waals surface area contributed by atoms with E-state index in [-0.39, 0.29) is 11.3 Å². The van der Waals surface area contributed by atoms with Crippen LogP contribution in [0.5, 0.6) is 0 Å². The summed E-state index contributed by atoms with van der Waals surface area (Å²) in [5, 5.41) is 0.756. The molecule has 0 aliphatic heterocycles. The van der Waals surface area contributed by atoms with Crippen LogP contribution in [0.3, 0.4) is 0 Å². The second-order valence-electron chi connectivity index (χ2n) is 3.53. The van der Waals surface area contributed by atoms with E-state index in [1.165, 1.54) is 0 Å². The zero-order chi connectivity index (χ0) is 14.6. The lowest BCUT2D eigenvalue weighted by molar-refractivity contribution is 0.171. The van der Waals surface area contributed by atoms with Gasteiger partial charge in [-0.05, 0) is 58.6 Å². The number of ether oxygens (including phenoxy) is 2. The summed E-state index contributed by atoms with van der Waals surface area (Å²) in [5.41, 5.74) is 4.91. The number of hydrogen-bond acceptors (Lipinski definition) is 4. The molecule has 0 spiro atoms. The molecule has 0 aromatic carbocycles. The fraction of sp³-hybridized carbons (Fsp3) is 0.833. The van der Waals surface area contributed by atoms with Crippen LogP contribution in [-0.4, -0.2) is 41.0 Å². The van der Waals surface area contributed by atoms with Crippen molar-refractivity contribution in [1.82, 2.24) is 4.90 Å². The average Bonchev–Trinajstić information content (AvgIpc) is 2.31. The Balaban J connectivity index is 0. The van der Waals surface area contributed by atoms with Gasteiger partial charge in [0.05, 0.1) is 12.7 Å². The van der Waals surface area contributed by atoms with Crippen molar-refractivity contribution < 1.29 is 9.47 Å². The summed E-state index contributed by atoms with van der Waals surface area (Å²) in [5.74, 6) is 0. The third-order valence-corrected chi connectivity index (χ3v) is 2.66. The van der Waals surface area contributed by atoms with E-state index in [4.69, 9.17) is 22.7 Å². The van der Waals surface area contributed by atoms with Gasteiger partial charge >= 0.3 is 0 Å². The molecule has 0 saturated heterocycles. The van der Waals surface area contributed by atoms with Gasteiger partial charge in [0, 0.05) is 13.1 Å². The SMILES string of the molecule is CCC(C)OC(=S)N(CC)CC.CCOC(N)=S. The quantitative estimate of drug-likeness (QED) is 0.787. The molecule has 0 aliphatic rings. The zero-order valence-electron chi connectivity index (χ0n) is 12.1. The molecule has 18 heavy (non-hydrogen) atoms.